The molecule has 0 aromatic heterocycles. The molecule has 0 aromatic carbocycles. The van der Waals surface area contributed by atoms with E-state index < -0.39 is 7.26 Å². The van der Waals surface area contributed by atoms with Gasteiger partial charge in [0.05, 0.1) is 13.4 Å². The van der Waals surface area contributed by atoms with Crippen LogP contribution in [0.5, 0.6) is 0 Å². The summed E-state index contributed by atoms with van der Waals surface area (Å²) in [5, 5.41) is 26.7. The van der Waals surface area contributed by atoms with Crippen molar-refractivity contribution in [3.05, 3.63) is 12.2 Å². The second-order valence-corrected chi connectivity index (χ2v) is 6.73. The lowest BCUT2D eigenvalue weighted by molar-refractivity contribution is -0.00000500. The van der Waals surface area contributed by atoms with Gasteiger partial charge in [-0.25, -0.2) is 0 Å². The molecular weight excluding hydrogens is 199 g/mol. The summed E-state index contributed by atoms with van der Waals surface area (Å²) in [6, 6.07) is 0. The molecule has 0 atom stereocenters. The SMILES string of the molecule is C=C(C)C[P+](CO)(CO)CO.[Cl-]. The van der Waals surface area contributed by atoms with Crippen molar-refractivity contribution >= 4 is 7.26 Å². The van der Waals surface area contributed by atoms with Crippen molar-refractivity contribution in [1.82, 2.24) is 0 Å². The average molecular weight is 215 g/mol. The van der Waals surface area contributed by atoms with E-state index in [1.165, 1.54) is 0 Å². The van der Waals surface area contributed by atoms with Gasteiger partial charge in [-0.1, -0.05) is 6.58 Å². The van der Waals surface area contributed by atoms with Crippen molar-refractivity contribution in [2.75, 3.05) is 25.2 Å². The van der Waals surface area contributed by atoms with Gasteiger partial charge in [0.2, 0.25) is 0 Å². The summed E-state index contributed by atoms with van der Waals surface area (Å²) in [5.41, 5.74) is 0.899. The summed E-state index contributed by atoms with van der Waals surface area (Å²) in [7, 11) is -1.93. The minimum atomic E-state index is -1.93. The van der Waals surface area contributed by atoms with E-state index >= 15 is 0 Å². The van der Waals surface area contributed by atoms with Crippen molar-refractivity contribution in [3.8, 4) is 0 Å². The highest BCUT2D eigenvalue weighted by molar-refractivity contribution is 7.75. The van der Waals surface area contributed by atoms with E-state index in [0.717, 1.165) is 5.57 Å². The van der Waals surface area contributed by atoms with Crippen molar-refractivity contribution in [3.63, 3.8) is 0 Å². The van der Waals surface area contributed by atoms with Gasteiger partial charge in [-0.2, -0.15) is 0 Å². The first kappa shape index (κ1) is 14.8. The molecule has 0 radical (unpaired) electrons. The van der Waals surface area contributed by atoms with Crippen LogP contribution in [0, 0.1) is 0 Å². The lowest BCUT2D eigenvalue weighted by Crippen LogP contribution is -3.00. The molecule has 0 aliphatic carbocycles. The summed E-state index contributed by atoms with van der Waals surface area (Å²) in [6.45, 7) is 5.51. The van der Waals surface area contributed by atoms with Crippen LogP contribution in [0.4, 0.5) is 0 Å². The highest BCUT2D eigenvalue weighted by atomic mass is 35.5. The summed E-state index contributed by atoms with van der Waals surface area (Å²) in [5.74, 6) is 0. The molecule has 0 unspecified atom stereocenters. The van der Waals surface area contributed by atoms with E-state index in [2.05, 4.69) is 6.58 Å². The Labute approximate surface area is 79.9 Å². The summed E-state index contributed by atoms with van der Waals surface area (Å²) in [6.07, 6.45) is 0.253. The Morgan fingerprint density at radius 1 is 1.17 bits per heavy atom. The number of hydrogen-bond acceptors (Lipinski definition) is 3. The molecule has 0 aromatic rings. The molecule has 0 amide bonds. The molecule has 0 saturated carbocycles. The lowest BCUT2D eigenvalue weighted by atomic mass is 10.4. The number of allylic oxidation sites excluding steroid dienone is 1. The summed E-state index contributed by atoms with van der Waals surface area (Å²) < 4.78 is 0. The minimum absolute atomic E-state index is 0. The van der Waals surface area contributed by atoms with Gasteiger partial charge in [-0.15, -0.1) is 0 Å². The Kier molecular flexibility index (Phi) is 8.43. The molecule has 74 valence electrons. The zero-order chi connectivity index (χ0) is 8.91. The third-order valence-electron chi connectivity index (χ3n) is 1.51. The van der Waals surface area contributed by atoms with Crippen LogP contribution < -0.4 is 12.4 Å². The Balaban J connectivity index is 0. The van der Waals surface area contributed by atoms with E-state index in [9.17, 15) is 0 Å². The summed E-state index contributed by atoms with van der Waals surface area (Å²) in [4.78, 5) is 0. The van der Waals surface area contributed by atoms with Gasteiger partial charge in [0, 0.05) is 0 Å². The molecule has 0 fully saturated rings. The molecule has 3 N–H and O–H groups in total. The van der Waals surface area contributed by atoms with Crippen molar-refractivity contribution in [1.29, 1.82) is 0 Å². The van der Waals surface area contributed by atoms with Gasteiger partial charge in [0.1, 0.15) is 0 Å². The van der Waals surface area contributed by atoms with Crippen LogP contribution in [0.25, 0.3) is 0 Å². The van der Waals surface area contributed by atoms with Crippen LogP contribution in [-0.4, -0.2) is 40.5 Å². The van der Waals surface area contributed by atoms with E-state index in [0.29, 0.717) is 6.16 Å². The molecule has 0 aliphatic heterocycles. The van der Waals surface area contributed by atoms with E-state index in [-0.39, 0.29) is 31.5 Å². The molecule has 0 bridgehead atoms. The maximum absolute atomic E-state index is 8.91. The summed E-state index contributed by atoms with van der Waals surface area (Å²) >= 11 is 0. The number of aliphatic hydroxyl groups excluding tert-OH is 3. The van der Waals surface area contributed by atoms with Crippen LogP contribution >= 0.6 is 7.26 Å². The molecule has 0 heterocycles. The maximum atomic E-state index is 8.91. The smallest absolute Gasteiger partial charge is 0.159 e. The molecule has 0 aliphatic rings. The fourth-order valence-corrected chi connectivity index (χ4v) is 2.57. The van der Waals surface area contributed by atoms with Gasteiger partial charge in [0.25, 0.3) is 0 Å². The predicted octanol–water partition coefficient (Wildman–Crippen LogP) is -2.57. The van der Waals surface area contributed by atoms with E-state index in [4.69, 9.17) is 15.3 Å². The number of hydrogen-bond donors (Lipinski definition) is 3. The first-order valence-electron chi connectivity index (χ1n) is 3.42. The molecule has 12 heavy (non-hydrogen) atoms. The van der Waals surface area contributed by atoms with Gasteiger partial charge in [0.15, 0.2) is 19.0 Å². The molecule has 0 spiro atoms. The molecule has 0 rings (SSSR count). The molecule has 5 heteroatoms. The zero-order valence-corrected chi connectivity index (χ0v) is 8.85. The third-order valence-corrected chi connectivity index (χ3v) is 4.52. The van der Waals surface area contributed by atoms with Crippen molar-refractivity contribution < 1.29 is 27.7 Å². The second-order valence-electron chi connectivity index (χ2n) is 2.88. The quantitative estimate of drug-likeness (QED) is 0.349. The van der Waals surface area contributed by atoms with Gasteiger partial charge in [-0.05, 0) is 12.5 Å². The predicted molar refractivity (Wildman–Crippen MR) is 47.9 cm³/mol. The zero-order valence-electron chi connectivity index (χ0n) is 7.20. The monoisotopic (exact) mass is 214 g/mol. The van der Waals surface area contributed by atoms with Gasteiger partial charge >= 0.3 is 0 Å². The lowest BCUT2D eigenvalue weighted by Gasteiger charge is -2.19. The fourth-order valence-electron chi connectivity index (χ4n) is 0.857. The normalized spacial score (nSPS) is 10.7. The first-order chi connectivity index (χ1) is 5.10. The van der Waals surface area contributed by atoms with E-state index in [1.807, 2.05) is 6.92 Å². The topological polar surface area (TPSA) is 60.7 Å². The fraction of sp³-hybridized carbons (Fsp3) is 0.714. The van der Waals surface area contributed by atoms with Crippen LogP contribution in [0.15, 0.2) is 12.2 Å². The van der Waals surface area contributed by atoms with Crippen molar-refractivity contribution in [2.45, 2.75) is 6.92 Å². The Morgan fingerprint density at radius 2 is 1.50 bits per heavy atom. The van der Waals surface area contributed by atoms with Crippen LogP contribution in [0.1, 0.15) is 6.92 Å². The van der Waals surface area contributed by atoms with Crippen LogP contribution in [0.2, 0.25) is 0 Å². The highest BCUT2D eigenvalue weighted by Crippen LogP contribution is 2.56. The van der Waals surface area contributed by atoms with Crippen LogP contribution in [0.3, 0.4) is 0 Å². The third kappa shape index (κ3) is 4.39. The van der Waals surface area contributed by atoms with E-state index in [1.54, 1.807) is 0 Å². The van der Waals surface area contributed by atoms with Gasteiger partial charge in [-0.3, -0.25) is 0 Å². The Hall–Kier alpha value is 0.340. The average Bonchev–Trinajstić information content (AvgIpc) is 2.00. The van der Waals surface area contributed by atoms with Crippen molar-refractivity contribution in [2.24, 2.45) is 0 Å². The molecule has 0 saturated heterocycles. The molecular formula is C7H16ClO3P. The van der Waals surface area contributed by atoms with Crippen LogP contribution in [-0.2, 0) is 0 Å². The highest BCUT2D eigenvalue weighted by Gasteiger charge is 2.35. The second kappa shape index (κ2) is 6.81. The number of halogens is 1. The first-order valence-corrected chi connectivity index (χ1v) is 5.95. The minimum Gasteiger partial charge on any atom is -1.00 e. The Morgan fingerprint density at radius 3 is 1.58 bits per heavy atom. The maximum Gasteiger partial charge on any atom is 0.159 e. The number of rotatable bonds is 5. The largest absolute Gasteiger partial charge is 1.00 e. The molecule has 3 nitrogen and oxygen atoms in total. The Bertz CT molecular complexity index is 128. The number of aliphatic hydroxyl groups is 3. The standard InChI is InChI=1S/C7H16O3P.ClH/c1-7(2)3-11(4-8,5-9)6-10;/h8-10H,1,3-6H2,2H3;1H/q+1;/p-1. The van der Waals surface area contributed by atoms with Gasteiger partial charge < -0.3 is 27.7 Å².